The van der Waals surface area contributed by atoms with Crippen LogP contribution >= 0.6 is 22.9 Å². The van der Waals surface area contributed by atoms with Gasteiger partial charge in [-0.15, -0.1) is 11.3 Å². The first-order chi connectivity index (χ1) is 21.4. The van der Waals surface area contributed by atoms with Crippen LogP contribution in [-0.4, -0.2) is 62.4 Å². The average Bonchev–Trinajstić information content (AvgIpc) is 3.43. The lowest BCUT2D eigenvalue weighted by Crippen LogP contribution is -2.49. The SMILES string of the molecule is Cc1cc(-c2cc(Cl)ccc2OCCn2c(C)nc3c(c2=O)C[C@H](N2CCC[C@@H](C(F)(F)F)C2)CC3)c2scc(C(=O)O)c2n1. The summed E-state index contributed by atoms with van der Waals surface area (Å²) in [7, 11) is 0. The minimum atomic E-state index is -4.21. The molecule has 4 heterocycles. The van der Waals surface area contributed by atoms with E-state index >= 15 is 0 Å². The molecule has 0 spiro atoms. The van der Waals surface area contributed by atoms with Crippen LogP contribution in [0.3, 0.4) is 0 Å². The summed E-state index contributed by atoms with van der Waals surface area (Å²) in [6.07, 6.45) is -1.96. The average molecular weight is 661 g/mol. The summed E-state index contributed by atoms with van der Waals surface area (Å²) in [5.41, 5.74) is 3.69. The number of carboxylic acids is 1. The van der Waals surface area contributed by atoms with Gasteiger partial charge in [-0.1, -0.05) is 11.6 Å². The van der Waals surface area contributed by atoms with Crippen molar-refractivity contribution >= 4 is 39.1 Å². The molecule has 45 heavy (non-hydrogen) atoms. The topological polar surface area (TPSA) is 97.6 Å². The third kappa shape index (κ3) is 6.32. The molecule has 0 amide bonds. The molecule has 4 aromatic rings. The molecular weight excluding hydrogens is 629 g/mol. The number of nitrogens with zero attached hydrogens (tertiary/aromatic N) is 4. The zero-order chi connectivity index (χ0) is 32.0. The Labute approximate surface area is 266 Å². The smallest absolute Gasteiger partial charge is 0.393 e. The van der Waals surface area contributed by atoms with Crippen LogP contribution in [-0.2, 0) is 19.4 Å². The van der Waals surface area contributed by atoms with Crippen LogP contribution in [0.15, 0.2) is 34.4 Å². The Morgan fingerprint density at radius 2 is 1.98 bits per heavy atom. The molecule has 6 rings (SSSR count). The van der Waals surface area contributed by atoms with Crippen LogP contribution in [0.2, 0.25) is 5.02 Å². The van der Waals surface area contributed by atoms with Gasteiger partial charge >= 0.3 is 12.1 Å². The molecule has 0 radical (unpaired) electrons. The summed E-state index contributed by atoms with van der Waals surface area (Å²) < 4.78 is 48.8. The van der Waals surface area contributed by atoms with Gasteiger partial charge in [-0.05, 0) is 76.8 Å². The number of ether oxygens (including phenoxy) is 1. The number of alkyl halides is 3. The highest BCUT2D eigenvalue weighted by atomic mass is 35.5. The van der Waals surface area contributed by atoms with Gasteiger partial charge < -0.3 is 9.84 Å². The summed E-state index contributed by atoms with van der Waals surface area (Å²) in [4.78, 5) is 36.5. The highest BCUT2D eigenvalue weighted by Crippen LogP contribution is 2.40. The standard InChI is InChI=1S/C32H32ClF3N4O4S/c1-17-12-23(29-28(37-17)25(16-45-29)31(42)43)22-13-20(33)5-8-27(22)44-11-10-40-18(2)38-26-7-6-21(14-24(26)30(40)41)39-9-3-4-19(15-39)32(34,35)36/h5,8,12-13,16,19,21H,3-4,6-7,9-11,14-15H2,1-2H3,(H,42,43)/t19-,21-/m1/s1. The molecule has 1 aliphatic carbocycles. The Morgan fingerprint density at radius 1 is 1.18 bits per heavy atom. The lowest BCUT2D eigenvalue weighted by Gasteiger charge is -2.40. The number of carboxylic acid groups (broad SMARTS) is 1. The summed E-state index contributed by atoms with van der Waals surface area (Å²) in [5, 5.41) is 11.7. The van der Waals surface area contributed by atoms with Crippen molar-refractivity contribution in [3.8, 4) is 16.9 Å². The molecule has 8 nitrogen and oxygen atoms in total. The predicted octanol–water partition coefficient (Wildman–Crippen LogP) is 6.70. The molecule has 13 heteroatoms. The van der Waals surface area contributed by atoms with Crippen LogP contribution in [0.1, 0.15) is 52.4 Å². The van der Waals surface area contributed by atoms with E-state index in [1.54, 1.807) is 42.0 Å². The number of benzene rings is 1. The maximum atomic E-state index is 13.7. The first-order valence-electron chi connectivity index (χ1n) is 14.9. The Kier molecular flexibility index (Phi) is 8.66. The van der Waals surface area contributed by atoms with E-state index in [2.05, 4.69) is 4.98 Å². The second-order valence-electron chi connectivity index (χ2n) is 11.7. The van der Waals surface area contributed by atoms with E-state index < -0.39 is 18.1 Å². The number of thiophene rings is 1. The number of aromatic nitrogens is 3. The van der Waals surface area contributed by atoms with Gasteiger partial charge in [-0.3, -0.25) is 19.2 Å². The van der Waals surface area contributed by atoms with Crippen molar-refractivity contribution in [1.29, 1.82) is 0 Å². The highest BCUT2D eigenvalue weighted by molar-refractivity contribution is 7.18. The van der Waals surface area contributed by atoms with Crippen molar-refractivity contribution in [3.05, 3.63) is 73.4 Å². The van der Waals surface area contributed by atoms with Crippen molar-refractivity contribution < 1.29 is 27.8 Å². The molecule has 0 saturated carbocycles. The van der Waals surface area contributed by atoms with Crippen molar-refractivity contribution in [2.45, 2.75) is 64.7 Å². The Bertz CT molecular complexity index is 1840. The lowest BCUT2D eigenvalue weighted by atomic mass is 9.88. The predicted molar refractivity (Wildman–Crippen MR) is 167 cm³/mol. The molecule has 0 unspecified atom stereocenters. The Balaban J connectivity index is 1.23. The molecule has 2 atom stereocenters. The number of likely N-dealkylation sites (tertiary alicyclic amines) is 1. The number of fused-ring (bicyclic) bond motifs is 2. The number of aryl methyl sites for hydroxylation is 3. The number of rotatable bonds is 7. The van der Waals surface area contributed by atoms with Gasteiger partial charge in [0, 0.05) is 45.4 Å². The summed E-state index contributed by atoms with van der Waals surface area (Å²) in [5.74, 6) is -1.32. The quantitative estimate of drug-likeness (QED) is 0.236. The summed E-state index contributed by atoms with van der Waals surface area (Å²) >= 11 is 7.66. The molecule has 1 aliphatic heterocycles. The van der Waals surface area contributed by atoms with Gasteiger partial charge in [0.2, 0.25) is 0 Å². The summed E-state index contributed by atoms with van der Waals surface area (Å²) in [6, 6.07) is 6.93. The Morgan fingerprint density at radius 3 is 2.73 bits per heavy atom. The van der Waals surface area contributed by atoms with E-state index in [0.717, 1.165) is 11.3 Å². The number of hydrogen-bond donors (Lipinski definition) is 1. The van der Waals surface area contributed by atoms with Crippen molar-refractivity contribution in [1.82, 2.24) is 19.4 Å². The van der Waals surface area contributed by atoms with Gasteiger partial charge in [0.05, 0.1) is 33.9 Å². The third-order valence-corrected chi connectivity index (χ3v) is 10.0. The van der Waals surface area contributed by atoms with Gasteiger partial charge in [0.15, 0.2) is 0 Å². The van der Waals surface area contributed by atoms with Gasteiger partial charge in [-0.25, -0.2) is 9.78 Å². The lowest BCUT2D eigenvalue weighted by molar-refractivity contribution is -0.188. The maximum Gasteiger partial charge on any atom is 0.393 e. The van der Waals surface area contributed by atoms with Crippen LogP contribution in [0, 0.1) is 19.8 Å². The molecule has 0 bridgehead atoms. The highest BCUT2D eigenvalue weighted by Gasteiger charge is 2.43. The second kappa shape index (κ2) is 12.4. The molecule has 1 aromatic carbocycles. The number of carbonyl (C=O) groups is 1. The van der Waals surface area contributed by atoms with E-state index in [-0.39, 0.29) is 43.3 Å². The molecule has 1 fully saturated rings. The molecule has 2 aliphatic rings. The second-order valence-corrected chi connectivity index (χ2v) is 13.1. The third-order valence-electron chi connectivity index (χ3n) is 8.81. The van der Waals surface area contributed by atoms with E-state index in [1.165, 1.54) is 11.3 Å². The minimum Gasteiger partial charge on any atom is -0.491 e. The number of pyridine rings is 1. The fraction of sp³-hybridized carbons (Fsp3) is 0.438. The minimum absolute atomic E-state index is 0.0271. The molecular formula is C32H32ClF3N4O4S. The fourth-order valence-electron chi connectivity index (χ4n) is 6.56. The monoisotopic (exact) mass is 660 g/mol. The van der Waals surface area contributed by atoms with Crippen LogP contribution in [0.25, 0.3) is 21.3 Å². The zero-order valence-electron chi connectivity index (χ0n) is 24.8. The first kappa shape index (κ1) is 31.5. The van der Waals surface area contributed by atoms with Gasteiger partial charge in [-0.2, -0.15) is 13.2 Å². The van der Waals surface area contributed by atoms with Crippen molar-refractivity contribution in [2.75, 3.05) is 19.7 Å². The zero-order valence-corrected chi connectivity index (χ0v) is 26.4. The van der Waals surface area contributed by atoms with Gasteiger partial charge in [0.1, 0.15) is 18.2 Å². The summed E-state index contributed by atoms with van der Waals surface area (Å²) in [6.45, 7) is 4.49. The molecule has 3 aromatic heterocycles. The van der Waals surface area contributed by atoms with E-state index in [4.69, 9.17) is 21.3 Å². The number of halogens is 4. The van der Waals surface area contributed by atoms with Crippen LogP contribution < -0.4 is 10.3 Å². The van der Waals surface area contributed by atoms with Crippen molar-refractivity contribution in [3.63, 3.8) is 0 Å². The van der Waals surface area contributed by atoms with Crippen LogP contribution in [0.4, 0.5) is 13.2 Å². The van der Waals surface area contributed by atoms with E-state index in [9.17, 15) is 27.9 Å². The van der Waals surface area contributed by atoms with Crippen molar-refractivity contribution in [2.24, 2.45) is 5.92 Å². The molecule has 1 saturated heterocycles. The number of hydrogen-bond acceptors (Lipinski definition) is 7. The molecule has 1 N–H and O–H groups in total. The largest absolute Gasteiger partial charge is 0.491 e. The first-order valence-corrected chi connectivity index (χ1v) is 16.1. The van der Waals surface area contributed by atoms with Gasteiger partial charge in [0.25, 0.3) is 5.56 Å². The van der Waals surface area contributed by atoms with E-state index in [0.29, 0.717) is 75.9 Å². The number of aromatic carboxylic acids is 1. The van der Waals surface area contributed by atoms with Crippen LogP contribution in [0.5, 0.6) is 5.75 Å². The normalized spacial score (nSPS) is 19.1. The number of piperidine rings is 1. The fourth-order valence-corrected chi connectivity index (χ4v) is 7.75. The molecule has 238 valence electrons. The van der Waals surface area contributed by atoms with E-state index in [1.807, 2.05) is 11.0 Å². The Hall–Kier alpha value is -3.48. The maximum absolute atomic E-state index is 13.7.